The Balaban J connectivity index is 1.06. The number of carboxylic acid groups (broad SMARTS) is 1. The molecule has 5 heterocycles. The molecule has 26 nitrogen and oxygen atoms in total. The molecule has 1 fully saturated rings. The van der Waals surface area contributed by atoms with Crippen molar-refractivity contribution in [3.63, 3.8) is 0 Å². The fourth-order valence-electron chi connectivity index (χ4n) is 12.4. The maximum Gasteiger partial charge on any atom is 0.305 e. The van der Waals surface area contributed by atoms with Gasteiger partial charge in [0.2, 0.25) is 53.2 Å². The maximum atomic E-state index is 15.3. The second-order valence-corrected chi connectivity index (χ2v) is 27.5. The van der Waals surface area contributed by atoms with Crippen LogP contribution in [0.2, 0.25) is 0 Å². The standard InChI is InChI=1S/C70H84F2N14O12S2/c1-40-62(91)81-55(28-44-34-76-52-17-13-46(71)30-50(44)52)64(93)82-56(29-45-35-77-53-18-14-47(72)31-51(45)53)65(94)83-57(33-61(89)90)66(95)84-58(32-48-36-74-39-78-48)67(96)85(3)59(27-41-11-15-49(87)16-12-41)68(97)86-23-7-20-70(86,2)69(98)75-22-25-100-38-43-9-6-8-42(26-43)37-99-24-19-60(88)80-54(63(92)79-40)10-4-5-21-73/h6,8-9,11-18,26,30-31,34-36,39-40,54-59,76-77,87H,4-5,7,10,19-25,27-29,32-33,37-38,73H2,1-3H3,(H,74,78)(H,75,98)(H,79,92)(H,80,88)(H,81,91)(H,82,93)(H,83,94)(H,84,95)(H,89,90)/t40-,54+,55+,56+,57?,58+,59+,70+/m1/s1. The smallest absolute Gasteiger partial charge is 0.305 e. The number of thioether (sulfide) groups is 2. The lowest BCUT2D eigenvalue weighted by Gasteiger charge is -2.39. The predicted molar refractivity (Wildman–Crippen MR) is 373 cm³/mol. The van der Waals surface area contributed by atoms with Crippen molar-refractivity contribution in [2.45, 2.75) is 144 Å². The summed E-state index contributed by atoms with van der Waals surface area (Å²) >= 11 is 3.11. The summed E-state index contributed by atoms with van der Waals surface area (Å²) in [4.78, 5) is 161. The first-order valence-electron chi connectivity index (χ1n) is 33.1. The lowest BCUT2D eigenvalue weighted by molar-refractivity contribution is -0.152. The van der Waals surface area contributed by atoms with Crippen molar-refractivity contribution in [2.24, 2.45) is 5.73 Å². The first-order valence-corrected chi connectivity index (χ1v) is 35.4. The number of imidazole rings is 1. The largest absolute Gasteiger partial charge is 0.508 e. The number of aromatic amines is 3. The summed E-state index contributed by atoms with van der Waals surface area (Å²) in [5.41, 5.74) is 8.69. The number of phenolic OH excluding ortho intramolecular Hbond substituents is 1. The number of likely N-dealkylation sites (N-methyl/N-ethyl adjacent to an activating group) is 1. The van der Waals surface area contributed by atoms with Crippen molar-refractivity contribution >= 4 is 104 Å². The molecule has 9 amide bonds. The van der Waals surface area contributed by atoms with Crippen molar-refractivity contribution in [3.8, 4) is 5.75 Å². The van der Waals surface area contributed by atoms with Crippen molar-refractivity contribution in [2.75, 3.05) is 38.2 Å². The third-order valence-corrected chi connectivity index (χ3v) is 20.0. The van der Waals surface area contributed by atoms with Crippen LogP contribution in [0.25, 0.3) is 21.8 Å². The van der Waals surface area contributed by atoms with E-state index in [2.05, 4.69) is 63.2 Å². The first kappa shape index (κ1) is 74.4. The van der Waals surface area contributed by atoms with Crippen LogP contribution >= 0.6 is 23.5 Å². The Labute approximate surface area is 584 Å². The minimum absolute atomic E-state index is 0.0515. The molecular weight excluding hydrogens is 1330 g/mol. The van der Waals surface area contributed by atoms with Gasteiger partial charge in [-0.25, -0.2) is 13.8 Å². The van der Waals surface area contributed by atoms with E-state index >= 15 is 19.2 Å². The first-order chi connectivity index (χ1) is 48.0. The number of halogens is 2. The molecule has 2 bridgehead atoms. The molecule has 30 heteroatoms. The number of benzene rings is 4. The predicted octanol–water partition coefficient (Wildman–Crippen LogP) is 4.05. The molecule has 3 aromatic heterocycles. The molecule has 2 aliphatic rings. The SMILES string of the molecule is C[C@H]1NC(=O)[C@H](CCCCN)NC(=O)CCSCc2cccc(c2)CSCCNC(=O)[C@]2(C)CCCN2C(=O)[C@H](Cc2ccc(O)cc2)N(C)C(=O)[C@H](Cc2c[nH]cn2)NC(=O)C(CC(=O)O)NC(=O)[C@H](Cc2c[nH]c3ccc(F)cc23)NC(=O)[C@H](Cc2c[nH]c3ccc(F)cc23)NC1=O. The van der Waals surface area contributed by atoms with Gasteiger partial charge in [-0.15, -0.1) is 0 Å². The number of hydrogen-bond acceptors (Lipinski definition) is 15. The van der Waals surface area contributed by atoms with Gasteiger partial charge in [-0.05, 0) is 129 Å². The molecule has 9 rings (SSSR count). The average Bonchev–Trinajstić information content (AvgIpc) is 1.60. The number of carboxylic acids is 1. The molecule has 8 atom stereocenters. The van der Waals surface area contributed by atoms with E-state index in [0.717, 1.165) is 16.0 Å². The van der Waals surface area contributed by atoms with Gasteiger partial charge in [0.25, 0.3) is 0 Å². The normalized spacial score (nSPS) is 23.0. The summed E-state index contributed by atoms with van der Waals surface area (Å²) in [6.07, 6.45) is 5.20. The van der Waals surface area contributed by atoms with E-state index in [1.54, 1.807) is 30.8 Å². The van der Waals surface area contributed by atoms with Crippen LogP contribution in [0.4, 0.5) is 8.78 Å². The van der Waals surface area contributed by atoms with Crippen molar-refractivity contribution < 1.29 is 66.9 Å². The zero-order valence-corrected chi connectivity index (χ0v) is 57.3. The molecule has 14 N–H and O–H groups in total. The van der Waals surface area contributed by atoms with E-state index in [9.17, 15) is 47.8 Å². The Morgan fingerprint density at radius 3 is 1.87 bits per heavy atom. The molecular formula is C70H84F2N14O12S2. The lowest BCUT2D eigenvalue weighted by Crippen LogP contribution is -2.62. The molecule has 0 saturated carbocycles. The number of amides is 9. The Morgan fingerprint density at radius 1 is 0.670 bits per heavy atom. The van der Waals surface area contributed by atoms with Gasteiger partial charge in [-0.3, -0.25) is 47.9 Å². The third-order valence-electron chi connectivity index (χ3n) is 17.9. The van der Waals surface area contributed by atoms with Gasteiger partial charge in [-0.1, -0.05) is 36.4 Å². The Hall–Kier alpha value is -9.81. The van der Waals surface area contributed by atoms with Crippen LogP contribution < -0.4 is 43.0 Å². The fourth-order valence-corrected chi connectivity index (χ4v) is 14.1. The number of fused-ring (bicyclic) bond motifs is 5. The minimum atomic E-state index is -2.02. The number of H-pyrrole nitrogens is 3. The Bertz CT molecular complexity index is 4080. The van der Waals surface area contributed by atoms with E-state index in [0.29, 0.717) is 76.4 Å². The van der Waals surface area contributed by atoms with Gasteiger partial charge in [0.05, 0.1) is 18.4 Å². The number of rotatable bonds is 14. The maximum absolute atomic E-state index is 15.3. The van der Waals surface area contributed by atoms with Crippen LogP contribution in [0.1, 0.15) is 92.3 Å². The molecule has 1 unspecified atom stereocenters. The summed E-state index contributed by atoms with van der Waals surface area (Å²) in [7, 11) is 1.34. The zero-order valence-electron chi connectivity index (χ0n) is 55.6. The van der Waals surface area contributed by atoms with Crippen LogP contribution in [-0.2, 0) is 85.1 Å². The number of nitrogens with zero attached hydrogens (tertiary/aromatic N) is 3. The second-order valence-electron chi connectivity index (χ2n) is 25.3. The molecule has 2 aliphatic heterocycles. The van der Waals surface area contributed by atoms with Gasteiger partial charge in [0, 0.05) is 116 Å². The number of aromatic nitrogens is 4. The Morgan fingerprint density at radius 2 is 1.26 bits per heavy atom. The van der Waals surface area contributed by atoms with Crippen molar-refractivity contribution in [3.05, 3.63) is 155 Å². The quantitative estimate of drug-likeness (QED) is 0.0683. The van der Waals surface area contributed by atoms with Crippen LogP contribution in [0, 0.1) is 11.6 Å². The number of carbonyl (C=O) groups excluding carboxylic acids is 9. The summed E-state index contributed by atoms with van der Waals surface area (Å²) in [6.45, 7) is 3.73. The number of aromatic hydroxyl groups is 1. The average molecular weight is 1420 g/mol. The Kier molecular flexibility index (Phi) is 25.9. The minimum Gasteiger partial charge on any atom is -0.508 e. The number of aliphatic carboxylic acids is 1. The summed E-state index contributed by atoms with van der Waals surface area (Å²) < 4.78 is 29.9. The molecule has 100 heavy (non-hydrogen) atoms. The van der Waals surface area contributed by atoms with E-state index < -0.39 is 131 Å². The highest BCUT2D eigenvalue weighted by molar-refractivity contribution is 7.98. The molecule has 0 spiro atoms. The topological polar surface area (TPSA) is 388 Å². The van der Waals surface area contributed by atoms with Gasteiger partial charge in [0.1, 0.15) is 65.2 Å². The van der Waals surface area contributed by atoms with E-state index in [4.69, 9.17) is 5.73 Å². The van der Waals surface area contributed by atoms with E-state index in [1.165, 1.54) is 104 Å². The fraction of sp³-hybridized carbons (Fsp3) is 0.414. The monoisotopic (exact) mass is 1410 g/mol. The third kappa shape index (κ3) is 19.8. The zero-order chi connectivity index (χ0) is 71.6. The van der Waals surface area contributed by atoms with Crippen molar-refractivity contribution in [1.29, 1.82) is 0 Å². The lowest BCUT2D eigenvalue weighted by atomic mass is 9.95. The molecule has 0 radical (unpaired) electrons. The summed E-state index contributed by atoms with van der Waals surface area (Å²) in [5, 5.41) is 40.1. The highest BCUT2D eigenvalue weighted by Gasteiger charge is 2.49. The molecule has 7 aromatic rings. The number of nitrogens with two attached hydrogens (primary N) is 1. The van der Waals surface area contributed by atoms with Crippen LogP contribution in [0.15, 0.2) is 110 Å². The number of phenols is 1. The number of nitrogens with one attached hydrogen (secondary N) is 10. The highest BCUT2D eigenvalue weighted by atomic mass is 32.2. The summed E-state index contributed by atoms with van der Waals surface area (Å²) in [6, 6.07) is 10.7. The van der Waals surface area contributed by atoms with Crippen LogP contribution in [-0.4, -0.2) is 185 Å². The van der Waals surface area contributed by atoms with Gasteiger partial charge < -0.3 is 77.9 Å². The van der Waals surface area contributed by atoms with Crippen LogP contribution in [0.5, 0.6) is 5.75 Å². The van der Waals surface area contributed by atoms with E-state index in [-0.39, 0.29) is 74.0 Å². The number of unbranched alkanes of at least 4 members (excludes halogenated alkanes) is 1. The second kappa shape index (κ2) is 34.8. The molecule has 0 aliphatic carbocycles. The highest BCUT2D eigenvalue weighted by Crippen LogP contribution is 2.32. The number of hydrogen-bond donors (Lipinski definition) is 13. The van der Waals surface area contributed by atoms with Gasteiger partial charge >= 0.3 is 5.97 Å². The molecule has 1 saturated heterocycles. The van der Waals surface area contributed by atoms with Gasteiger partial charge in [-0.2, -0.15) is 23.5 Å². The van der Waals surface area contributed by atoms with Crippen molar-refractivity contribution in [1.82, 2.24) is 67.0 Å². The number of carbonyl (C=O) groups is 10. The summed E-state index contributed by atoms with van der Waals surface area (Å²) in [5.74, 6) is -8.18. The van der Waals surface area contributed by atoms with Gasteiger partial charge in [0.15, 0.2) is 0 Å². The molecule has 532 valence electrons. The van der Waals surface area contributed by atoms with Crippen LogP contribution in [0.3, 0.4) is 0 Å². The van der Waals surface area contributed by atoms with E-state index in [1.807, 2.05) is 18.2 Å². The molecule has 4 aromatic carbocycles.